The maximum absolute atomic E-state index is 12.5. The molecule has 13 nitrogen and oxygen atoms in total. The minimum absolute atomic E-state index is 0.00921. The lowest BCUT2D eigenvalue weighted by Gasteiger charge is -2.09. The van der Waals surface area contributed by atoms with Gasteiger partial charge in [-0.25, -0.2) is 9.36 Å². The molecule has 0 atom stereocenters. The van der Waals surface area contributed by atoms with E-state index in [0.29, 0.717) is 36.3 Å². The number of esters is 1. The van der Waals surface area contributed by atoms with Crippen molar-refractivity contribution >= 4 is 5.97 Å². The van der Waals surface area contributed by atoms with Gasteiger partial charge in [-0.1, -0.05) is 37.6 Å². The van der Waals surface area contributed by atoms with Crippen molar-refractivity contribution < 1.29 is 24.1 Å². The molecule has 2 heterocycles. The molecule has 0 bridgehead atoms. The van der Waals surface area contributed by atoms with Gasteiger partial charge in [-0.15, -0.1) is 0 Å². The topological polar surface area (TPSA) is 175 Å². The van der Waals surface area contributed by atoms with Crippen LogP contribution >= 0.6 is 0 Å². The Morgan fingerprint density at radius 3 is 1.62 bits per heavy atom. The molecule has 0 aliphatic carbocycles. The molecule has 2 aromatic carbocycles. The summed E-state index contributed by atoms with van der Waals surface area (Å²) in [6.07, 6.45) is 2.85. The highest BCUT2D eigenvalue weighted by Crippen LogP contribution is 2.12. The molecule has 0 aliphatic heterocycles. The number of H-pyrrole nitrogens is 2. The molecule has 0 unspecified atom stereocenters. The van der Waals surface area contributed by atoms with E-state index in [0.717, 1.165) is 29.7 Å². The number of unbranched alkanes of at least 4 members (excludes halogenated alkanes) is 1. The van der Waals surface area contributed by atoms with E-state index >= 15 is 0 Å². The molecule has 0 aliphatic rings. The summed E-state index contributed by atoms with van der Waals surface area (Å²) in [6, 6.07) is 17.0. The average molecular weight is 651 g/mol. The average Bonchev–Trinajstić information content (AvgIpc) is 3.07. The van der Waals surface area contributed by atoms with Gasteiger partial charge < -0.3 is 19.3 Å². The second-order valence-corrected chi connectivity index (χ2v) is 10.7. The van der Waals surface area contributed by atoms with Crippen molar-refractivity contribution in [2.24, 2.45) is 0 Å². The van der Waals surface area contributed by atoms with Gasteiger partial charge in [0.05, 0.1) is 33.9 Å². The monoisotopic (exact) mass is 650 g/mol. The SMILES string of the molecule is CCCCOC(=O)CCc1cc(=O)[nH]n(Cc2ccc(OC)cc2)c1=O.COc1ccc(Cn2[nH]c(=O)cc(CCCO)c2=O)cc1. The number of aliphatic hydroxyl groups excluding tert-OH is 1. The van der Waals surface area contributed by atoms with Crippen molar-refractivity contribution in [2.45, 2.75) is 58.5 Å². The van der Waals surface area contributed by atoms with E-state index in [4.69, 9.17) is 19.3 Å². The van der Waals surface area contributed by atoms with Gasteiger partial charge in [0.25, 0.3) is 22.2 Å². The molecule has 4 aromatic rings. The molecule has 0 fully saturated rings. The summed E-state index contributed by atoms with van der Waals surface area (Å²) in [6.45, 7) is 2.89. The molecule has 3 N–H and O–H groups in total. The number of methoxy groups -OCH3 is 2. The number of carbonyl (C=O) groups is 1. The number of aromatic nitrogens is 4. The van der Waals surface area contributed by atoms with Crippen LogP contribution in [0.3, 0.4) is 0 Å². The van der Waals surface area contributed by atoms with Gasteiger partial charge >= 0.3 is 5.97 Å². The third-order valence-electron chi connectivity index (χ3n) is 7.10. The molecule has 0 amide bonds. The summed E-state index contributed by atoms with van der Waals surface area (Å²) in [4.78, 5) is 60.0. The summed E-state index contributed by atoms with van der Waals surface area (Å²) in [7, 11) is 3.16. The Labute approximate surface area is 271 Å². The van der Waals surface area contributed by atoms with Crippen LogP contribution in [-0.4, -0.2) is 58.1 Å². The Hall–Kier alpha value is -5.17. The number of carbonyl (C=O) groups excluding carboxylic acids is 1. The first-order valence-corrected chi connectivity index (χ1v) is 15.4. The largest absolute Gasteiger partial charge is 0.497 e. The number of hydrogen-bond acceptors (Lipinski definition) is 9. The van der Waals surface area contributed by atoms with Crippen LogP contribution in [0.25, 0.3) is 0 Å². The lowest BCUT2D eigenvalue weighted by atomic mass is 10.1. The molecular formula is C34H42N4O9. The zero-order valence-corrected chi connectivity index (χ0v) is 27.0. The minimum atomic E-state index is -0.382. The predicted octanol–water partition coefficient (Wildman–Crippen LogP) is 2.39. The summed E-state index contributed by atoms with van der Waals surface area (Å²) < 4.78 is 17.8. The number of aliphatic hydroxyl groups is 1. The first-order chi connectivity index (χ1) is 22.7. The minimum Gasteiger partial charge on any atom is -0.497 e. The number of rotatable bonds is 15. The van der Waals surface area contributed by atoms with E-state index in [1.54, 1.807) is 38.5 Å². The lowest BCUT2D eigenvalue weighted by molar-refractivity contribution is -0.143. The predicted molar refractivity (Wildman–Crippen MR) is 176 cm³/mol. The van der Waals surface area contributed by atoms with E-state index < -0.39 is 0 Å². The Morgan fingerprint density at radius 2 is 1.19 bits per heavy atom. The molecule has 0 saturated carbocycles. The zero-order valence-electron chi connectivity index (χ0n) is 27.0. The third-order valence-corrected chi connectivity index (χ3v) is 7.10. The van der Waals surface area contributed by atoms with E-state index in [-0.39, 0.29) is 60.7 Å². The number of nitrogens with one attached hydrogen (secondary N) is 2. The van der Waals surface area contributed by atoms with E-state index in [1.165, 1.54) is 21.5 Å². The summed E-state index contributed by atoms with van der Waals surface area (Å²) >= 11 is 0. The number of nitrogens with zero attached hydrogens (tertiary/aromatic N) is 2. The molecule has 2 aromatic heterocycles. The Kier molecular flexibility index (Phi) is 14.5. The molecule has 0 spiro atoms. The fraction of sp³-hybridized carbons (Fsp3) is 0.382. The molecule has 4 rings (SSSR count). The van der Waals surface area contributed by atoms with Gasteiger partial charge in [0.15, 0.2) is 0 Å². The van der Waals surface area contributed by atoms with Crippen LogP contribution in [-0.2, 0) is 35.5 Å². The quantitative estimate of drug-likeness (QED) is 0.129. The van der Waals surface area contributed by atoms with Crippen LogP contribution in [0.15, 0.2) is 79.8 Å². The second kappa shape index (κ2) is 18.7. The lowest BCUT2D eigenvalue weighted by Crippen LogP contribution is -2.32. The van der Waals surface area contributed by atoms with E-state index in [9.17, 15) is 24.0 Å². The van der Waals surface area contributed by atoms with E-state index in [1.807, 2.05) is 31.2 Å². The van der Waals surface area contributed by atoms with Crippen molar-refractivity contribution in [2.75, 3.05) is 27.4 Å². The van der Waals surface area contributed by atoms with Crippen molar-refractivity contribution in [3.8, 4) is 11.5 Å². The summed E-state index contributed by atoms with van der Waals surface area (Å²) in [5.74, 6) is 1.08. The molecular weight excluding hydrogens is 608 g/mol. The molecule has 0 saturated heterocycles. The Balaban J connectivity index is 0.000000261. The fourth-order valence-corrected chi connectivity index (χ4v) is 4.54. The first-order valence-electron chi connectivity index (χ1n) is 15.4. The van der Waals surface area contributed by atoms with Crippen molar-refractivity contribution in [3.05, 3.63) is 124 Å². The molecule has 0 radical (unpaired) electrons. The number of hydrogen-bond donors (Lipinski definition) is 3. The Morgan fingerprint density at radius 1 is 0.723 bits per heavy atom. The fourth-order valence-electron chi connectivity index (χ4n) is 4.54. The van der Waals surface area contributed by atoms with Crippen LogP contribution in [0, 0.1) is 0 Å². The van der Waals surface area contributed by atoms with Crippen LogP contribution in [0.5, 0.6) is 11.5 Å². The number of aryl methyl sites for hydroxylation is 2. The molecule has 47 heavy (non-hydrogen) atoms. The van der Waals surface area contributed by atoms with Gasteiger partial charge in [-0.3, -0.25) is 34.2 Å². The normalized spacial score (nSPS) is 10.6. The number of aromatic amines is 2. The summed E-state index contributed by atoms with van der Waals surface area (Å²) in [5, 5.41) is 13.9. The van der Waals surface area contributed by atoms with Gasteiger partial charge in [0, 0.05) is 36.3 Å². The van der Waals surface area contributed by atoms with Crippen LogP contribution < -0.4 is 31.7 Å². The number of benzene rings is 2. The van der Waals surface area contributed by atoms with Crippen molar-refractivity contribution in [1.82, 2.24) is 19.6 Å². The van der Waals surface area contributed by atoms with Crippen LogP contribution in [0.4, 0.5) is 0 Å². The van der Waals surface area contributed by atoms with Gasteiger partial charge in [0.2, 0.25) is 0 Å². The van der Waals surface area contributed by atoms with Crippen LogP contribution in [0.1, 0.15) is 54.9 Å². The standard InChI is InChI=1S/C19H24N2O5.C15H18N2O4/c1-3-4-11-26-18(23)10-7-15-12-17(22)20-21(19(15)24)13-14-5-8-16(25-2)9-6-14;1-21-13-6-4-11(5-7-13)10-17-15(20)12(3-2-8-18)9-14(19)16-17/h5-6,8-9,12H,3-4,7,10-11,13H2,1-2H3,(H,20,22);4-7,9,18H,2-3,8,10H2,1H3,(H,16,19). The second-order valence-electron chi connectivity index (χ2n) is 10.7. The highest BCUT2D eigenvalue weighted by Gasteiger charge is 2.11. The van der Waals surface area contributed by atoms with E-state index in [2.05, 4.69) is 10.2 Å². The zero-order chi connectivity index (χ0) is 34.2. The van der Waals surface area contributed by atoms with Crippen molar-refractivity contribution in [1.29, 1.82) is 0 Å². The highest BCUT2D eigenvalue weighted by atomic mass is 16.5. The first kappa shape index (κ1) is 36.3. The smallest absolute Gasteiger partial charge is 0.306 e. The number of ether oxygens (including phenoxy) is 3. The van der Waals surface area contributed by atoms with Crippen LogP contribution in [0.2, 0.25) is 0 Å². The maximum Gasteiger partial charge on any atom is 0.306 e. The van der Waals surface area contributed by atoms with Gasteiger partial charge in [0.1, 0.15) is 11.5 Å². The summed E-state index contributed by atoms with van der Waals surface area (Å²) in [5.41, 5.74) is 1.19. The Bertz CT molecular complexity index is 1800. The van der Waals surface area contributed by atoms with Crippen molar-refractivity contribution in [3.63, 3.8) is 0 Å². The van der Waals surface area contributed by atoms with Gasteiger partial charge in [-0.05, 0) is 61.1 Å². The van der Waals surface area contributed by atoms with Gasteiger partial charge in [-0.2, -0.15) is 0 Å². The maximum atomic E-state index is 12.5. The third kappa shape index (κ3) is 11.6. The highest BCUT2D eigenvalue weighted by molar-refractivity contribution is 5.69. The molecule has 13 heteroatoms. The molecule has 252 valence electrons.